The van der Waals surface area contributed by atoms with Gasteiger partial charge in [0.2, 0.25) is 0 Å². The smallest absolute Gasteiger partial charge is 0.0896 e. The Kier molecular flexibility index (Phi) is 5.43. The highest BCUT2D eigenvalue weighted by molar-refractivity contribution is 8.27. The monoisotopic (exact) mass is 383 g/mol. The molecule has 0 saturated heterocycles. The minimum atomic E-state index is -3.32. The van der Waals surface area contributed by atoms with Crippen LogP contribution in [0.15, 0.2) is 48.5 Å². The van der Waals surface area contributed by atoms with Gasteiger partial charge in [0.15, 0.2) is 0 Å². The van der Waals surface area contributed by atoms with E-state index in [0.29, 0.717) is 41.6 Å². The number of benzene rings is 2. The number of para-hydroxylation sites is 3. The van der Waals surface area contributed by atoms with Gasteiger partial charge in [-0.1, -0.05) is 35.9 Å². The van der Waals surface area contributed by atoms with E-state index >= 15 is 0 Å². The van der Waals surface area contributed by atoms with Crippen molar-refractivity contribution >= 4 is 39.6 Å². The summed E-state index contributed by atoms with van der Waals surface area (Å²) in [7, 11) is -1.56. The van der Waals surface area contributed by atoms with Gasteiger partial charge in [-0.15, -0.1) is 0 Å². The van der Waals surface area contributed by atoms with Crippen LogP contribution in [0.2, 0.25) is 5.02 Å². The fraction of sp³-hybridized carbons (Fsp3) is 0.294. The van der Waals surface area contributed by atoms with E-state index in [1.165, 1.54) is 4.31 Å². The molecular formula is C17H22ClN3O3S. The van der Waals surface area contributed by atoms with Crippen LogP contribution in [-0.4, -0.2) is 40.5 Å². The summed E-state index contributed by atoms with van der Waals surface area (Å²) in [5, 5.41) is 13.3. The van der Waals surface area contributed by atoms with E-state index in [1.54, 1.807) is 35.6 Å². The average molecular weight is 384 g/mol. The molecule has 0 fully saturated rings. The van der Waals surface area contributed by atoms with Gasteiger partial charge < -0.3 is 10.4 Å². The number of nitrogens with zero attached hydrogens (tertiary/aromatic N) is 2. The van der Waals surface area contributed by atoms with Crippen molar-refractivity contribution in [1.29, 1.82) is 0 Å². The molecule has 8 heteroatoms. The second-order valence-electron chi connectivity index (χ2n) is 5.83. The maximum Gasteiger partial charge on any atom is 0.0896 e. The van der Waals surface area contributed by atoms with E-state index in [-0.39, 0.29) is 0 Å². The molecule has 3 rings (SSSR count). The quantitative estimate of drug-likeness (QED) is 0.606. The number of aliphatic hydroxyl groups is 1. The Bertz CT molecular complexity index is 747. The van der Waals surface area contributed by atoms with Crippen LogP contribution in [0.3, 0.4) is 0 Å². The van der Waals surface area contributed by atoms with Crippen LogP contribution in [-0.2, 0) is 0 Å². The van der Waals surface area contributed by atoms with Gasteiger partial charge in [-0.05, 0) is 48.7 Å². The second-order valence-corrected chi connectivity index (χ2v) is 8.02. The van der Waals surface area contributed by atoms with Crippen molar-refractivity contribution in [1.82, 2.24) is 5.32 Å². The van der Waals surface area contributed by atoms with Crippen molar-refractivity contribution < 1.29 is 14.2 Å². The number of rotatable bonds is 6. The maximum absolute atomic E-state index is 11.0. The minimum Gasteiger partial charge on any atom is -0.392 e. The van der Waals surface area contributed by atoms with Gasteiger partial charge in [0, 0.05) is 13.1 Å². The SMILES string of the molecule is CNC[C@H](O)CCN1c2ccccc2N(c2ccccc2Cl)S1(O)O. The zero-order valence-corrected chi connectivity index (χ0v) is 15.4. The van der Waals surface area contributed by atoms with Crippen molar-refractivity contribution in [2.45, 2.75) is 12.5 Å². The molecule has 1 heterocycles. The molecule has 0 unspecified atom stereocenters. The van der Waals surface area contributed by atoms with Gasteiger partial charge in [0.1, 0.15) is 0 Å². The molecule has 4 N–H and O–H groups in total. The largest absolute Gasteiger partial charge is 0.392 e. The number of fused-ring (bicyclic) bond motifs is 1. The van der Waals surface area contributed by atoms with Crippen LogP contribution in [0.5, 0.6) is 0 Å². The van der Waals surface area contributed by atoms with Crippen LogP contribution in [0.1, 0.15) is 6.42 Å². The Hall–Kier alpha value is -1.48. The number of aliphatic hydroxyl groups excluding tert-OH is 1. The molecule has 25 heavy (non-hydrogen) atoms. The Morgan fingerprint density at radius 3 is 2.28 bits per heavy atom. The van der Waals surface area contributed by atoms with Gasteiger partial charge >= 0.3 is 0 Å². The average Bonchev–Trinajstić information content (AvgIpc) is 2.80. The van der Waals surface area contributed by atoms with Gasteiger partial charge in [-0.2, -0.15) is 0 Å². The molecule has 1 aliphatic heterocycles. The van der Waals surface area contributed by atoms with Crippen LogP contribution >= 0.6 is 22.6 Å². The molecular weight excluding hydrogens is 362 g/mol. The van der Waals surface area contributed by atoms with E-state index in [0.717, 1.165) is 0 Å². The first-order valence-corrected chi connectivity index (χ1v) is 9.83. The molecule has 136 valence electrons. The summed E-state index contributed by atoms with van der Waals surface area (Å²) in [5.41, 5.74) is 1.92. The van der Waals surface area contributed by atoms with E-state index in [1.807, 2.05) is 24.3 Å². The number of hydrogen-bond donors (Lipinski definition) is 4. The van der Waals surface area contributed by atoms with Crippen LogP contribution in [0.25, 0.3) is 0 Å². The fourth-order valence-corrected chi connectivity index (χ4v) is 5.01. The molecule has 0 bridgehead atoms. The molecule has 0 amide bonds. The molecule has 1 aliphatic rings. The first-order valence-electron chi connectivity index (χ1n) is 7.99. The topological polar surface area (TPSA) is 79.2 Å². The van der Waals surface area contributed by atoms with Crippen LogP contribution in [0.4, 0.5) is 17.1 Å². The number of likely N-dealkylation sites (N-methyl/N-ethyl adjacent to an activating group) is 1. The van der Waals surface area contributed by atoms with Crippen molar-refractivity contribution in [2.75, 3.05) is 28.7 Å². The first kappa shape index (κ1) is 18.3. The molecule has 0 aliphatic carbocycles. The fourth-order valence-electron chi connectivity index (χ4n) is 2.93. The minimum absolute atomic E-state index is 0.309. The molecule has 0 spiro atoms. The predicted molar refractivity (Wildman–Crippen MR) is 105 cm³/mol. The summed E-state index contributed by atoms with van der Waals surface area (Å²) in [6.45, 7) is 0.756. The van der Waals surface area contributed by atoms with Gasteiger partial charge in [-0.3, -0.25) is 13.4 Å². The Morgan fingerprint density at radius 1 is 1.04 bits per heavy atom. The zero-order chi connectivity index (χ0) is 18.0. The third-order valence-corrected chi connectivity index (χ3v) is 6.26. The maximum atomic E-state index is 11.0. The molecule has 0 saturated carbocycles. The number of halogens is 1. The summed E-state index contributed by atoms with van der Waals surface area (Å²) in [6.07, 6.45) is -0.164. The highest BCUT2D eigenvalue weighted by atomic mass is 35.5. The summed E-state index contributed by atoms with van der Waals surface area (Å²) in [6, 6.07) is 14.4. The van der Waals surface area contributed by atoms with E-state index in [2.05, 4.69) is 5.32 Å². The number of anilines is 3. The van der Waals surface area contributed by atoms with Crippen molar-refractivity contribution in [3.8, 4) is 0 Å². The zero-order valence-electron chi connectivity index (χ0n) is 13.8. The molecule has 0 radical (unpaired) electrons. The first-order chi connectivity index (χ1) is 12.0. The molecule has 2 aromatic carbocycles. The van der Waals surface area contributed by atoms with Gasteiger partial charge in [0.05, 0.1) is 28.2 Å². The lowest BCUT2D eigenvalue weighted by Crippen LogP contribution is -2.34. The van der Waals surface area contributed by atoms with Crippen molar-refractivity contribution in [3.05, 3.63) is 53.6 Å². The number of hydrogen-bond acceptors (Lipinski definition) is 6. The Balaban J connectivity index is 1.97. The summed E-state index contributed by atoms with van der Waals surface area (Å²) in [4.78, 5) is 0. The second kappa shape index (κ2) is 7.41. The van der Waals surface area contributed by atoms with Crippen molar-refractivity contribution in [2.24, 2.45) is 0 Å². The van der Waals surface area contributed by atoms with Gasteiger partial charge in [-0.25, -0.2) is 4.31 Å². The standard InChI is InChI=1S/C17H22ClN3O3S/c1-19-12-13(22)10-11-20-16-8-4-5-9-17(16)21(25(20,23)24)15-7-3-2-6-14(15)18/h2-9,13,19,22-24H,10-12H2,1H3/t13-/m1/s1. The Morgan fingerprint density at radius 2 is 1.64 bits per heavy atom. The highest BCUT2D eigenvalue weighted by Gasteiger charge is 2.42. The summed E-state index contributed by atoms with van der Waals surface area (Å²) in [5.74, 6) is 0. The molecule has 0 aromatic heterocycles. The highest BCUT2D eigenvalue weighted by Crippen LogP contribution is 2.64. The normalized spacial score (nSPS) is 18.1. The third-order valence-electron chi connectivity index (χ3n) is 4.09. The molecule has 1 atom stereocenters. The summed E-state index contributed by atoms with van der Waals surface area (Å²) >= 11 is 6.30. The van der Waals surface area contributed by atoms with E-state index in [9.17, 15) is 14.2 Å². The summed E-state index contributed by atoms with van der Waals surface area (Å²) < 4.78 is 25.0. The van der Waals surface area contributed by atoms with Gasteiger partial charge in [0.25, 0.3) is 0 Å². The van der Waals surface area contributed by atoms with Crippen LogP contribution < -0.4 is 13.9 Å². The van der Waals surface area contributed by atoms with E-state index in [4.69, 9.17) is 11.6 Å². The van der Waals surface area contributed by atoms with E-state index < -0.39 is 17.1 Å². The third kappa shape index (κ3) is 3.44. The van der Waals surface area contributed by atoms with Crippen molar-refractivity contribution in [3.63, 3.8) is 0 Å². The lowest BCUT2D eigenvalue weighted by atomic mass is 10.2. The lowest BCUT2D eigenvalue weighted by molar-refractivity contribution is 0.167. The number of nitrogens with one attached hydrogen (secondary N) is 1. The lowest BCUT2D eigenvalue weighted by Gasteiger charge is -2.44. The molecule has 2 aromatic rings. The Labute approximate surface area is 154 Å². The predicted octanol–water partition coefficient (Wildman–Crippen LogP) is 3.85. The molecule has 6 nitrogen and oxygen atoms in total. The van der Waals surface area contributed by atoms with Crippen LogP contribution in [0, 0.1) is 0 Å².